The van der Waals surface area contributed by atoms with Gasteiger partial charge in [-0.2, -0.15) is 0 Å². The van der Waals surface area contributed by atoms with Gasteiger partial charge in [0.25, 0.3) is 0 Å². The number of hydrogen-bond acceptors (Lipinski definition) is 5. The summed E-state index contributed by atoms with van der Waals surface area (Å²) >= 11 is 6.51. The quantitative estimate of drug-likeness (QED) is 0.220. The van der Waals surface area contributed by atoms with Crippen molar-refractivity contribution in [3.05, 3.63) is 141 Å². The van der Waals surface area contributed by atoms with Gasteiger partial charge in [-0.1, -0.05) is 96.5 Å². The van der Waals surface area contributed by atoms with Crippen LogP contribution in [0.3, 0.4) is 0 Å². The first kappa shape index (κ1) is 28.4. The number of rotatable bonds is 5. The zero-order valence-corrected chi connectivity index (χ0v) is 26.0. The molecule has 5 nitrogen and oxygen atoms in total. The Labute approximate surface area is 263 Å². The minimum absolute atomic E-state index is 0.250. The summed E-state index contributed by atoms with van der Waals surface area (Å²) < 4.78 is 12.0. The van der Waals surface area contributed by atoms with E-state index in [1.165, 1.54) is 0 Å². The number of ether oxygens (including phenoxy) is 2. The summed E-state index contributed by atoms with van der Waals surface area (Å²) in [6, 6.07) is 32.7. The first-order valence-electron chi connectivity index (χ1n) is 15.2. The summed E-state index contributed by atoms with van der Waals surface area (Å²) in [5.74, 6) is -1.06. The SMILES string of the molecule is CC(C)OC(=O)C1=C(C(=O)OC(C)C)C2(c3ccccc3-c3ccccc32)C2(c3ccc(Cl)cc3)c3ccccc3CCN12. The highest BCUT2D eigenvalue weighted by molar-refractivity contribution is 6.30. The molecule has 2 aliphatic heterocycles. The maximum Gasteiger partial charge on any atom is 0.355 e. The van der Waals surface area contributed by atoms with E-state index in [-0.39, 0.29) is 11.8 Å². The van der Waals surface area contributed by atoms with Gasteiger partial charge in [-0.25, -0.2) is 9.59 Å². The van der Waals surface area contributed by atoms with Crippen LogP contribution < -0.4 is 0 Å². The fourth-order valence-corrected chi connectivity index (χ4v) is 8.06. The van der Waals surface area contributed by atoms with Gasteiger partial charge < -0.3 is 14.4 Å². The smallest absolute Gasteiger partial charge is 0.355 e. The lowest BCUT2D eigenvalue weighted by Crippen LogP contribution is -2.59. The van der Waals surface area contributed by atoms with Gasteiger partial charge in [-0.15, -0.1) is 0 Å². The van der Waals surface area contributed by atoms with Crippen LogP contribution in [-0.4, -0.2) is 35.6 Å². The third-order valence-electron chi connectivity index (χ3n) is 9.14. The Hall–Kier alpha value is -4.35. The summed E-state index contributed by atoms with van der Waals surface area (Å²) in [4.78, 5) is 31.4. The fraction of sp³-hybridized carbons (Fsp3) is 0.263. The highest BCUT2D eigenvalue weighted by atomic mass is 35.5. The van der Waals surface area contributed by atoms with Crippen molar-refractivity contribution in [2.45, 2.75) is 57.3 Å². The summed E-state index contributed by atoms with van der Waals surface area (Å²) in [5.41, 5.74) is 5.39. The Morgan fingerprint density at radius 2 is 1.23 bits per heavy atom. The number of nitrogens with zero attached hydrogens (tertiary/aromatic N) is 1. The van der Waals surface area contributed by atoms with Crippen molar-refractivity contribution in [2.24, 2.45) is 0 Å². The molecule has 4 aromatic carbocycles. The maximum atomic E-state index is 14.8. The highest BCUT2D eigenvalue weighted by Crippen LogP contribution is 2.70. The average Bonchev–Trinajstić information content (AvgIpc) is 3.46. The van der Waals surface area contributed by atoms with Gasteiger partial charge in [-0.3, -0.25) is 0 Å². The van der Waals surface area contributed by atoms with Crippen LogP contribution in [0, 0.1) is 0 Å². The first-order chi connectivity index (χ1) is 21.2. The van der Waals surface area contributed by atoms with Crippen molar-refractivity contribution in [1.82, 2.24) is 4.90 Å². The molecule has 2 heterocycles. The van der Waals surface area contributed by atoms with E-state index < -0.39 is 29.0 Å². The van der Waals surface area contributed by atoms with Crippen LogP contribution in [-0.2, 0) is 36.4 Å². The number of carbonyl (C=O) groups is 2. The van der Waals surface area contributed by atoms with Crippen LogP contribution in [0.1, 0.15) is 55.5 Å². The number of fused-ring (bicyclic) bond motifs is 9. The molecule has 1 spiro atoms. The van der Waals surface area contributed by atoms with E-state index in [9.17, 15) is 9.59 Å². The second-order valence-corrected chi connectivity index (χ2v) is 12.7. The number of benzene rings is 4. The van der Waals surface area contributed by atoms with Crippen molar-refractivity contribution < 1.29 is 19.1 Å². The summed E-state index contributed by atoms with van der Waals surface area (Å²) in [7, 11) is 0. The van der Waals surface area contributed by atoms with Crippen molar-refractivity contribution in [2.75, 3.05) is 6.54 Å². The van der Waals surface area contributed by atoms with E-state index >= 15 is 0 Å². The molecule has 222 valence electrons. The van der Waals surface area contributed by atoms with Gasteiger partial charge in [-0.05, 0) is 85.2 Å². The van der Waals surface area contributed by atoms with Crippen LogP contribution in [0.25, 0.3) is 11.1 Å². The molecule has 0 bridgehead atoms. The standard InChI is InChI=1S/C38H34ClNO4/c1-23(2)43-35(41)33-34(36(42)44-24(3)4)40-22-21-25-11-5-8-14-30(25)38(40,26-17-19-27(39)20-18-26)37(33)31-15-9-6-12-28(31)29-13-7-10-16-32(29)37/h5-20,23-24H,21-22H2,1-4H3. The topological polar surface area (TPSA) is 55.8 Å². The third kappa shape index (κ3) is 3.72. The molecule has 0 saturated carbocycles. The Bertz CT molecular complexity index is 1790. The predicted molar refractivity (Wildman–Crippen MR) is 171 cm³/mol. The molecule has 1 unspecified atom stereocenters. The molecule has 7 rings (SSSR count). The van der Waals surface area contributed by atoms with Crippen molar-refractivity contribution in [3.63, 3.8) is 0 Å². The lowest BCUT2D eigenvalue weighted by atomic mass is 9.54. The van der Waals surface area contributed by atoms with E-state index in [4.69, 9.17) is 21.1 Å². The second kappa shape index (κ2) is 10.4. The molecule has 0 amide bonds. The van der Waals surface area contributed by atoms with Crippen molar-refractivity contribution in [1.29, 1.82) is 0 Å². The molecular formula is C38H34ClNO4. The van der Waals surface area contributed by atoms with Crippen LogP contribution >= 0.6 is 11.6 Å². The normalized spacial score (nSPS) is 19.1. The van der Waals surface area contributed by atoms with Crippen LogP contribution in [0.5, 0.6) is 0 Å². The minimum atomic E-state index is -1.16. The van der Waals surface area contributed by atoms with Crippen LogP contribution in [0.15, 0.2) is 108 Å². The fourth-order valence-electron chi connectivity index (χ4n) is 7.93. The second-order valence-electron chi connectivity index (χ2n) is 12.2. The summed E-state index contributed by atoms with van der Waals surface area (Å²) in [6.07, 6.45) is -0.104. The molecule has 0 radical (unpaired) electrons. The van der Waals surface area contributed by atoms with Crippen molar-refractivity contribution in [3.8, 4) is 11.1 Å². The van der Waals surface area contributed by atoms with E-state index in [1.54, 1.807) is 0 Å². The van der Waals surface area contributed by atoms with Gasteiger partial charge in [0.2, 0.25) is 0 Å². The lowest BCUT2D eigenvalue weighted by Gasteiger charge is -2.54. The molecule has 0 aromatic heterocycles. The van der Waals surface area contributed by atoms with Gasteiger partial charge >= 0.3 is 11.9 Å². The molecule has 44 heavy (non-hydrogen) atoms. The predicted octanol–water partition coefficient (Wildman–Crippen LogP) is 7.58. The molecule has 0 N–H and O–H groups in total. The van der Waals surface area contributed by atoms with Crippen LogP contribution in [0.4, 0.5) is 0 Å². The van der Waals surface area contributed by atoms with Gasteiger partial charge in [0, 0.05) is 11.6 Å². The molecule has 0 saturated heterocycles. The van der Waals surface area contributed by atoms with E-state index in [0.717, 1.165) is 38.9 Å². The zero-order chi connectivity index (χ0) is 30.8. The van der Waals surface area contributed by atoms with Gasteiger partial charge in [0.1, 0.15) is 11.2 Å². The summed E-state index contributed by atoms with van der Waals surface area (Å²) in [5, 5.41) is 0.604. The first-order valence-corrected chi connectivity index (χ1v) is 15.6. The maximum absolute atomic E-state index is 14.8. The number of carbonyl (C=O) groups excluding carboxylic acids is 2. The largest absolute Gasteiger partial charge is 0.460 e. The summed E-state index contributed by atoms with van der Waals surface area (Å²) in [6.45, 7) is 7.81. The molecule has 1 aliphatic carbocycles. The van der Waals surface area contributed by atoms with Crippen LogP contribution in [0.2, 0.25) is 5.02 Å². The highest BCUT2D eigenvalue weighted by Gasteiger charge is 2.72. The Morgan fingerprint density at radius 3 is 1.82 bits per heavy atom. The van der Waals surface area contributed by atoms with Gasteiger partial charge in [0.15, 0.2) is 0 Å². The minimum Gasteiger partial charge on any atom is -0.460 e. The van der Waals surface area contributed by atoms with Crippen molar-refractivity contribution >= 4 is 23.5 Å². The number of hydrogen-bond donors (Lipinski definition) is 0. The molecule has 1 atom stereocenters. The molecule has 4 aromatic rings. The number of esters is 2. The van der Waals surface area contributed by atoms with E-state index in [1.807, 2.05) is 82.3 Å². The van der Waals surface area contributed by atoms with E-state index in [2.05, 4.69) is 47.4 Å². The van der Waals surface area contributed by atoms with Gasteiger partial charge in [0.05, 0.1) is 23.2 Å². The molecular weight excluding hydrogens is 570 g/mol. The Balaban J connectivity index is 1.74. The molecule has 6 heteroatoms. The molecule has 0 fully saturated rings. The average molecular weight is 604 g/mol. The Morgan fingerprint density at radius 1 is 0.705 bits per heavy atom. The zero-order valence-electron chi connectivity index (χ0n) is 25.3. The third-order valence-corrected chi connectivity index (χ3v) is 9.39. The number of halogens is 1. The van der Waals surface area contributed by atoms with E-state index in [0.29, 0.717) is 23.6 Å². The monoisotopic (exact) mass is 603 g/mol. The lowest BCUT2D eigenvalue weighted by molar-refractivity contribution is -0.147. The Kier molecular flexibility index (Phi) is 6.71. The molecule has 3 aliphatic rings.